The molecule has 0 aliphatic heterocycles. The second-order valence-corrected chi connectivity index (χ2v) is 5.53. The maximum atomic E-state index is 12.0. The van der Waals surface area contributed by atoms with Crippen LogP contribution < -0.4 is 5.69 Å². The molecule has 0 spiro atoms. The van der Waals surface area contributed by atoms with Crippen molar-refractivity contribution < 1.29 is 9.53 Å². The maximum Gasteiger partial charge on any atom is 0.439 e. The fourth-order valence-electron chi connectivity index (χ4n) is 1.40. The number of aromatic nitrogens is 3. The third-order valence-corrected chi connectivity index (χ3v) is 2.68. The summed E-state index contributed by atoms with van der Waals surface area (Å²) in [6, 6.07) is 5.05. The lowest BCUT2D eigenvalue weighted by Gasteiger charge is -2.18. The number of pyridine rings is 1. The predicted molar refractivity (Wildman–Crippen MR) is 68.8 cm³/mol. The molecule has 2 aromatic rings. The Hall–Kier alpha value is -1.63. The number of carbonyl (C=O) groups is 1. The van der Waals surface area contributed by atoms with E-state index < -0.39 is 17.4 Å². The van der Waals surface area contributed by atoms with Gasteiger partial charge in [0, 0.05) is 0 Å². The Balaban J connectivity index is 2.54. The minimum Gasteiger partial charge on any atom is -0.442 e. The summed E-state index contributed by atoms with van der Waals surface area (Å²) in [6.07, 6.45) is -0.789. The van der Waals surface area contributed by atoms with Gasteiger partial charge in [0.1, 0.15) is 5.60 Å². The SMILES string of the molecule is CC(C)(C)OC(=O)n1nc2cccc(Br)n2c1=O. The van der Waals surface area contributed by atoms with E-state index in [9.17, 15) is 9.59 Å². The van der Waals surface area contributed by atoms with Crippen LogP contribution in [0.4, 0.5) is 4.79 Å². The molecule has 0 saturated heterocycles. The number of halogens is 1. The summed E-state index contributed by atoms with van der Waals surface area (Å²) in [5.74, 6) is 0. The molecule has 6 nitrogen and oxygen atoms in total. The Labute approximate surface area is 111 Å². The third kappa shape index (κ3) is 2.31. The summed E-state index contributed by atoms with van der Waals surface area (Å²) in [5.41, 5.74) is -0.865. The molecule has 0 aliphatic rings. The summed E-state index contributed by atoms with van der Waals surface area (Å²) >= 11 is 3.23. The third-order valence-electron chi connectivity index (χ3n) is 2.06. The Morgan fingerprint density at radius 3 is 2.61 bits per heavy atom. The van der Waals surface area contributed by atoms with Gasteiger partial charge in [0.2, 0.25) is 0 Å². The van der Waals surface area contributed by atoms with E-state index >= 15 is 0 Å². The molecule has 18 heavy (non-hydrogen) atoms. The highest BCUT2D eigenvalue weighted by atomic mass is 79.9. The molecule has 0 unspecified atom stereocenters. The highest BCUT2D eigenvalue weighted by molar-refractivity contribution is 9.10. The molecule has 0 radical (unpaired) electrons. The fraction of sp³-hybridized carbons (Fsp3) is 0.364. The topological polar surface area (TPSA) is 65.6 Å². The maximum absolute atomic E-state index is 12.0. The molecule has 0 aromatic carbocycles. The second-order valence-electron chi connectivity index (χ2n) is 4.72. The normalized spacial score (nSPS) is 11.8. The first-order valence-electron chi connectivity index (χ1n) is 5.29. The Bertz CT molecular complexity index is 666. The molecular weight excluding hydrogens is 302 g/mol. The first-order chi connectivity index (χ1) is 8.29. The zero-order chi connectivity index (χ0) is 13.5. The van der Waals surface area contributed by atoms with Crippen LogP contribution in [0.2, 0.25) is 0 Å². The van der Waals surface area contributed by atoms with Gasteiger partial charge in [0.05, 0.1) is 4.60 Å². The van der Waals surface area contributed by atoms with Gasteiger partial charge in [-0.1, -0.05) is 6.07 Å². The van der Waals surface area contributed by atoms with Gasteiger partial charge in [-0.3, -0.25) is 0 Å². The van der Waals surface area contributed by atoms with Crippen molar-refractivity contribution in [3.05, 3.63) is 33.3 Å². The Morgan fingerprint density at radius 1 is 1.39 bits per heavy atom. The van der Waals surface area contributed by atoms with Crippen LogP contribution in [0.25, 0.3) is 5.65 Å². The van der Waals surface area contributed by atoms with Crippen LogP contribution in [0.1, 0.15) is 20.8 Å². The standard InChI is InChI=1S/C11H12BrN3O3/c1-11(2,3)18-10(17)15-9(16)14-7(12)5-4-6-8(14)13-15/h4-6H,1-3H3. The lowest BCUT2D eigenvalue weighted by atomic mass is 10.2. The lowest BCUT2D eigenvalue weighted by molar-refractivity contribution is 0.0508. The van der Waals surface area contributed by atoms with Crippen LogP contribution in [-0.2, 0) is 4.74 Å². The molecule has 0 atom stereocenters. The van der Waals surface area contributed by atoms with Crippen LogP contribution in [-0.4, -0.2) is 25.9 Å². The molecule has 0 N–H and O–H groups in total. The molecule has 0 bridgehead atoms. The van der Waals surface area contributed by atoms with Gasteiger partial charge < -0.3 is 4.74 Å². The molecule has 96 valence electrons. The van der Waals surface area contributed by atoms with Gasteiger partial charge in [-0.15, -0.1) is 9.78 Å². The molecule has 2 rings (SSSR count). The average molecular weight is 314 g/mol. The highest BCUT2D eigenvalue weighted by Crippen LogP contribution is 2.11. The molecule has 2 heterocycles. The van der Waals surface area contributed by atoms with Gasteiger partial charge in [0.15, 0.2) is 5.65 Å². The summed E-state index contributed by atoms with van der Waals surface area (Å²) in [5, 5.41) is 3.92. The van der Waals surface area contributed by atoms with Gasteiger partial charge >= 0.3 is 11.8 Å². The second kappa shape index (κ2) is 4.24. The Morgan fingerprint density at radius 2 is 2.06 bits per heavy atom. The number of fused-ring (bicyclic) bond motifs is 1. The van der Waals surface area contributed by atoms with Crippen molar-refractivity contribution in [2.75, 3.05) is 0 Å². The van der Waals surface area contributed by atoms with Crippen LogP contribution in [0.15, 0.2) is 27.6 Å². The molecule has 0 amide bonds. The largest absolute Gasteiger partial charge is 0.442 e. The van der Waals surface area contributed by atoms with Gasteiger partial charge in [-0.2, -0.15) is 0 Å². The monoisotopic (exact) mass is 313 g/mol. The van der Waals surface area contributed by atoms with E-state index in [2.05, 4.69) is 21.0 Å². The van der Waals surface area contributed by atoms with Crippen molar-refractivity contribution in [2.24, 2.45) is 0 Å². The zero-order valence-electron chi connectivity index (χ0n) is 10.2. The Kier molecular flexibility index (Phi) is 3.02. The van der Waals surface area contributed by atoms with E-state index in [4.69, 9.17) is 4.74 Å². The quantitative estimate of drug-likeness (QED) is 0.698. The van der Waals surface area contributed by atoms with Crippen molar-refractivity contribution in [1.82, 2.24) is 14.2 Å². The van der Waals surface area contributed by atoms with Crippen molar-refractivity contribution in [1.29, 1.82) is 0 Å². The number of carbonyl (C=O) groups excluding carboxylic acids is 1. The predicted octanol–water partition coefficient (Wildman–Crippen LogP) is 2.04. The van der Waals surface area contributed by atoms with E-state index in [1.807, 2.05) is 0 Å². The molecule has 7 heteroatoms. The van der Waals surface area contributed by atoms with Crippen LogP contribution >= 0.6 is 15.9 Å². The summed E-state index contributed by atoms with van der Waals surface area (Å²) in [6.45, 7) is 5.17. The van der Waals surface area contributed by atoms with Crippen molar-refractivity contribution in [3.63, 3.8) is 0 Å². The van der Waals surface area contributed by atoms with E-state index in [1.54, 1.807) is 39.0 Å². The molecule has 2 aromatic heterocycles. The number of hydrogen-bond acceptors (Lipinski definition) is 4. The van der Waals surface area contributed by atoms with Gasteiger partial charge in [-0.25, -0.2) is 14.0 Å². The van der Waals surface area contributed by atoms with Crippen molar-refractivity contribution in [2.45, 2.75) is 26.4 Å². The minimum absolute atomic E-state index is 0.375. The van der Waals surface area contributed by atoms with E-state index in [0.717, 1.165) is 0 Å². The number of ether oxygens (including phenoxy) is 1. The fourth-order valence-corrected chi connectivity index (χ4v) is 1.89. The lowest BCUT2D eigenvalue weighted by Crippen LogP contribution is -2.34. The number of nitrogens with zero attached hydrogens (tertiary/aromatic N) is 3. The van der Waals surface area contributed by atoms with Gasteiger partial charge in [0.25, 0.3) is 0 Å². The molecule has 0 saturated carbocycles. The van der Waals surface area contributed by atoms with Crippen molar-refractivity contribution in [3.8, 4) is 0 Å². The zero-order valence-corrected chi connectivity index (χ0v) is 11.8. The van der Waals surface area contributed by atoms with E-state index in [0.29, 0.717) is 14.9 Å². The summed E-state index contributed by atoms with van der Waals surface area (Å²) in [4.78, 5) is 23.8. The smallest absolute Gasteiger partial charge is 0.439 e. The minimum atomic E-state index is -0.789. The molecular formula is C11H12BrN3O3. The molecule has 0 aliphatic carbocycles. The van der Waals surface area contributed by atoms with Gasteiger partial charge in [-0.05, 0) is 48.8 Å². The summed E-state index contributed by atoms with van der Waals surface area (Å²) in [7, 11) is 0. The first kappa shape index (κ1) is 12.8. The van der Waals surface area contributed by atoms with Crippen LogP contribution in [0.3, 0.4) is 0 Å². The van der Waals surface area contributed by atoms with E-state index in [-0.39, 0.29) is 0 Å². The molecule has 0 fully saturated rings. The van der Waals surface area contributed by atoms with E-state index in [1.165, 1.54) is 4.40 Å². The average Bonchev–Trinajstić information content (AvgIpc) is 2.55. The van der Waals surface area contributed by atoms with Crippen LogP contribution in [0.5, 0.6) is 0 Å². The highest BCUT2D eigenvalue weighted by Gasteiger charge is 2.22. The number of hydrogen-bond donors (Lipinski definition) is 0. The van der Waals surface area contributed by atoms with Crippen LogP contribution in [0, 0.1) is 0 Å². The van der Waals surface area contributed by atoms with Crippen molar-refractivity contribution >= 4 is 27.7 Å². The number of rotatable bonds is 0. The summed E-state index contributed by atoms with van der Waals surface area (Å²) < 4.78 is 7.63. The first-order valence-corrected chi connectivity index (χ1v) is 6.08.